The van der Waals surface area contributed by atoms with Crippen molar-refractivity contribution < 1.29 is 19.4 Å². The molecule has 0 aromatic carbocycles. The molecule has 4 saturated carbocycles. The molecule has 0 amide bonds. The normalized spacial score (nSPS) is 48.8. The lowest BCUT2D eigenvalue weighted by atomic mass is 9.33. The molecule has 1 N–H and O–H groups in total. The summed E-state index contributed by atoms with van der Waals surface area (Å²) in [5.74, 6) is 0.546. The fraction of sp³-hybridized carbons (Fsp3) is 0.875. The number of hydrogen-bond donors (Lipinski definition) is 1. The van der Waals surface area contributed by atoms with Crippen LogP contribution in [0, 0.1) is 50.2 Å². The monoisotopic (exact) mass is 498 g/mol. The molecule has 0 saturated heterocycles. The molecule has 5 aliphatic rings. The summed E-state index contributed by atoms with van der Waals surface area (Å²) in [6.07, 6.45) is 12.6. The highest BCUT2D eigenvalue weighted by atomic mass is 16.5. The van der Waals surface area contributed by atoms with Gasteiger partial charge < -0.3 is 9.84 Å². The largest absolute Gasteiger partial charge is 0.481 e. The Morgan fingerprint density at radius 1 is 0.889 bits per heavy atom. The summed E-state index contributed by atoms with van der Waals surface area (Å²) in [5.41, 5.74) is 1.50. The minimum atomic E-state index is -0.574. The molecule has 0 aromatic heterocycles. The van der Waals surface area contributed by atoms with Crippen molar-refractivity contribution in [3.63, 3.8) is 0 Å². The van der Waals surface area contributed by atoms with Crippen LogP contribution in [0.25, 0.3) is 0 Å². The smallest absolute Gasteiger partial charge is 0.310 e. The van der Waals surface area contributed by atoms with Crippen molar-refractivity contribution in [1.82, 2.24) is 0 Å². The van der Waals surface area contributed by atoms with Crippen molar-refractivity contribution in [3.8, 4) is 0 Å². The summed E-state index contributed by atoms with van der Waals surface area (Å²) in [6, 6.07) is 0. The van der Waals surface area contributed by atoms with Gasteiger partial charge >= 0.3 is 11.9 Å². The van der Waals surface area contributed by atoms with Crippen molar-refractivity contribution in [3.05, 3.63) is 11.6 Å². The Hall–Kier alpha value is -1.32. The first-order chi connectivity index (χ1) is 16.5. The highest BCUT2D eigenvalue weighted by Gasteiger charge is 2.69. The van der Waals surface area contributed by atoms with Crippen LogP contribution in [0.5, 0.6) is 0 Å². The third kappa shape index (κ3) is 3.30. The van der Waals surface area contributed by atoms with Gasteiger partial charge in [0.1, 0.15) is 6.10 Å². The van der Waals surface area contributed by atoms with Gasteiger partial charge in [-0.1, -0.05) is 60.1 Å². The Labute approximate surface area is 219 Å². The van der Waals surface area contributed by atoms with Crippen molar-refractivity contribution in [2.75, 3.05) is 0 Å². The molecule has 0 radical (unpaired) electrons. The summed E-state index contributed by atoms with van der Waals surface area (Å²) in [6.45, 7) is 18.5. The lowest BCUT2D eigenvalue weighted by molar-refractivity contribution is -0.213. The molecule has 5 aliphatic carbocycles. The number of allylic oxidation sites excluding steroid dienone is 2. The number of carbonyl (C=O) groups is 2. The Morgan fingerprint density at radius 2 is 1.56 bits per heavy atom. The zero-order valence-electron chi connectivity index (χ0n) is 24.1. The zero-order chi connectivity index (χ0) is 26.5. The molecule has 8 atom stereocenters. The van der Waals surface area contributed by atoms with Crippen LogP contribution >= 0.6 is 0 Å². The van der Waals surface area contributed by atoms with Crippen molar-refractivity contribution in [2.24, 2.45) is 50.2 Å². The molecule has 0 bridgehead atoms. The molecule has 0 heterocycles. The number of rotatable bonds is 2. The molecule has 4 heteroatoms. The van der Waals surface area contributed by atoms with Gasteiger partial charge in [0.15, 0.2) is 0 Å². The van der Waals surface area contributed by atoms with E-state index in [-0.39, 0.29) is 45.1 Å². The highest BCUT2D eigenvalue weighted by Crippen LogP contribution is 2.75. The van der Waals surface area contributed by atoms with Gasteiger partial charge in [-0.05, 0) is 104 Å². The van der Waals surface area contributed by atoms with Gasteiger partial charge in [-0.15, -0.1) is 0 Å². The average Bonchev–Trinajstić information content (AvgIpc) is 2.75. The molecule has 0 unspecified atom stereocenters. The van der Waals surface area contributed by atoms with Gasteiger partial charge in [-0.25, -0.2) is 0 Å². The second kappa shape index (κ2) is 7.85. The van der Waals surface area contributed by atoms with E-state index >= 15 is 0 Å². The highest BCUT2D eigenvalue weighted by molar-refractivity contribution is 5.76. The second-order valence-electron chi connectivity index (χ2n) is 15.6. The molecule has 36 heavy (non-hydrogen) atoms. The van der Waals surface area contributed by atoms with Gasteiger partial charge in [0.05, 0.1) is 5.41 Å². The van der Waals surface area contributed by atoms with Crippen LogP contribution < -0.4 is 0 Å². The fourth-order valence-electron chi connectivity index (χ4n) is 11.0. The standard InChI is InChI=1S/C32H50O4/c1-20(33)36-25-12-13-29(6)23(28(25,4)5)11-14-31(8)24(29)10-9-21-22-19-27(2,3)15-17-32(22,26(34)35)18-16-30(21,31)7/h9,22-25H,10-19H2,1-8H3,(H,34,35)/t22-,23+,24-,25+,29+,30-,31-,32+/m1/s1. The first-order valence-electron chi connectivity index (χ1n) is 14.6. The number of aliphatic carboxylic acids is 1. The van der Waals surface area contributed by atoms with Crippen molar-refractivity contribution in [1.29, 1.82) is 0 Å². The summed E-state index contributed by atoms with van der Waals surface area (Å²) in [4.78, 5) is 24.7. The maximum atomic E-state index is 12.8. The summed E-state index contributed by atoms with van der Waals surface area (Å²) in [5, 5.41) is 10.5. The van der Waals surface area contributed by atoms with Crippen LogP contribution in [0.2, 0.25) is 0 Å². The van der Waals surface area contributed by atoms with E-state index in [1.54, 1.807) is 6.92 Å². The molecule has 0 aromatic rings. The first-order valence-corrected chi connectivity index (χ1v) is 14.6. The van der Waals surface area contributed by atoms with Gasteiger partial charge in [0.2, 0.25) is 0 Å². The Kier molecular flexibility index (Phi) is 5.74. The molecule has 4 nitrogen and oxygen atoms in total. The fourth-order valence-corrected chi connectivity index (χ4v) is 11.0. The van der Waals surface area contributed by atoms with E-state index in [9.17, 15) is 14.7 Å². The number of fused-ring (bicyclic) bond motifs is 7. The summed E-state index contributed by atoms with van der Waals surface area (Å²) >= 11 is 0. The van der Waals surface area contributed by atoms with Crippen LogP contribution in [0.15, 0.2) is 11.6 Å². The first kappa shape index (κ1) is 26.3. The topological polar surface area (TPSA) is 63.6 Å². The van der Waals surface area contributed by atoms with Crippen LogP contribution in [0.1, 0.15) is 120 Å². The van der Waals surface area contributed by atoms with Crippen LogP contribution in [0.3, 0.4) is 0 Å². The minimum Gasteiger partial charge on any atom is -0.481 e. The van der Waals surface area contributed by atoms with Crippen LogP contribution in [0.4, 0.5) is 0 Å². The molecule has 0 aliphatic heterocycles. The number of esters is 1. The van der Waals surface area contributed by atoms with Gasteiger partial charge in [0, 0.05) is 12.3 Å². The molecular formula is C32H50O4. The Bertz CT molecular complexity index is 992. The quantitative estimate of drug-likeness (QED) is 0.311. The zero-order valence-corrected chi connectivity index (χ0v) is 24.1. The molecule has 4 fully saturated rings. The summed E-state index contributed by atoms with van der Waals surface area (Å²) < 4.78 is 5.87. The van der Waals surface area contributed by atoms with Gasteiger partial charge in [-0.3, -0.25) is 9.59 Å². The van der Waals surface area contributed by atoms with E-state index < -0.39 is 11.4 Å². The van der Waals surface area contributed by atoms with E-state index in [2.05, 4.69) is 54.5 Å². The van der Waals surface area contributed by atoms with E-state index in [4.69, 9.17) is 4.74 Å². The average molecular weight is 499 g/mol. The number of carboxylic acids is 1. The maximum Gasteiger partial charge on any atom is 0.310 e. The SMILES string of the molecule is CC(=O)O[C@H]1CC[C@]2(C)[C@H]3CC=C4[C@H]5CC(C)(C)CC[C@]5(C(=O)O)CC[C@@]4(C)[C@]3(C)CC[C@H]2C1(C)C. The lowest BCUT2D eigenvalue weighted by Crippen LogP contribution is -2.65. The maximum absolute atomic E-state index is 12.8. The third-order valence-electron chi connectivity index (χ3n) is 13.3. The number of carboxylic acid groups (broad SMARTS) is 1. The van der Waals surface area contributed by atoms with Crippen LogP contribution in [-0.4, -0.2) is 23.1 Å². The number of hydrogen-bond acceptors (Lipinski definition) is 3. The van der Waals surface area contributed by atoms with E-state index in [0.29, 0.717) is 11.8 Å². The predicted octanol–water partition coefficient (Wildman–Crippen LogP) is 7.80. The third-order valence-corrected chi connectivity index (χ3v) is 13.3. The summed E-state index contributed by atoms with van der Waals surface area (Å²) in [7, 11) is 0. The molecular weight excluding hydrogens is 448 g/mol. The number of ether oxygens (including phenoxy) is 1. The Morgan fingerprint density at radius 3 is 2.19 bits per heavy atom. The molecule has 5 rings (SSSR count). The van der Waals surface area contributed by atoms with E-state index in [1.807, 2.05) is 0 Å². The van der Waals surface area contributed by atoms with E-state index in [1.165, 1.54) is 12.0 Å². The minimum absolute atomic E-state index is 0.00181. The molecule has 202 valence electrons. The van der Waals surface area contributed by atoms with E-state index in [0.717, 1.165) is 57.8 Å². The Balaban J connectivity index is 1.55. The van der Waals surface area contributed by atoms with Gasteiger partial charge in [0.25, 0.3) is 0 Å². The van der Waals surface area contributed by atoms with Crippen LogP contribution in [-0.2, 0) is 14.3 Å². The predicted molar refractivity (Wildman–Crippen MR) is 142 cm³/mol. The second-order valence-corrected chi connectivity index (χ2v) is 15.6. The van der Waals surface area contributed by atoms with Crippen molar-refractivity contribution >= 4 is 11.9 Å². The number of carbonyl (C=O) groups excluding carboxylic acids is 1. The van der Waals surface area contributed by atoms with Crippen molar-refractivity contribution in [2.45, 2.75) is 126 Å². The van der Waals surface area contributed by atoms with Gasteiger partial charge in [-0.2, -0.15) is 0 Å². The lowest BCUT2D eigenvalue weighted by Gasteiger charge is -2.71. The molecule has 0 spiro atoms.